The fraction of sp³-hybridized carbons (Fsp3) is 0.615. The van der Waals surface area contributed by atoms with Crippen LogP contribution < -0.4 is 0 Å². The number of hydrogen-bond donors (Lipinski definition) is 1. The Morgan fingerprint density at radius 2 is 2.29 bits per heavy atom. The second kappa shape index (κ2) is 5.65. The molecule has 1 aliphatic heterocycles. The maximum atomic E-state index is 10.6. The smallest absolute Gasteiger partial charge is 0.303 e. The van der Waals surface area contributed by atoms with Crippen molar-refractivity contribution in [3.05, 3.63) is 21.9 Å². The minimum absolute atomic E-state index is 0.321. The molecule has 0 bridgehead atoms. The summed E-state index contributed by atoms with van der Waals surface area (Å²) in [5.41, 5.74) is 0. The van der Waals surface area contributed by atoms with Crippen LogP contribution in [0.15, 0.2) is 12.1 Å². The predicted molar refractivity (Wildman–Crippen MR) is 69.3 cm³/mol. The Labute approximate surface area is 106 Å². The maximum Gasteiger partial charge on any atom is 0.303 e. The minimum Gasteiger partial charge on any atom is -0.481 e. The first-order chi connectivity index (χ1) is 8.17. The van der Waals surface area contributed by atoms with Crippen molar-refractivity contribution in [2.45, 2.75) is 32.7 Å². The maximum absolute atomic E-state index is 10.6. The van der Waals surface area contributed by atoms with Crippen molar-refractivity contribution >= 4 is 17.3 Å². The number of likely N-dealkylation sites (tertiary alicyclic amines) is 1. The van der Waals surface area contributed by atoms with Gasteiger partial charge in [-0.15, -0.1) is 11.3 Å². The van der Waals surface area contributed by atoms with E-state index in [4.69, 9.17) is 5.11 Å². The van der Waals surface area contributed by atoms with Gasteiger partial charge in [-0.3, -0.25) is 9.69 Å². The van der Waals surface area contributed by atoms with Gasteiger partial charge >= 0.3 is 5.97 Å². The van der Waals surface area contributed by atoms with E-state index in [9.17, 15) is 4.79 Å². The molecule has 1 aliphatic rings. The highest BCUT2D eigenvalue weighted by Gasteiger charge is 2.24. The van der Waals surface area contributed by atoms with E-state index in [1.165, 1.54) is 9.75 Å². The van der Waals surface area contributed by atoms with Crippen molar-refractivity contribution < 1.29 is 9.90 Å². The van der Waals surface area contributed by atoms with Crippen LogP contribution in [-0.4, -0.2) is 29.1 Å². The number of aryl methyl sites for hydroxylation is 1. The Kier molecular flexibility index (Phi) is 4.18. The van der Waals surface area contributed by atoms with Crippen LogP contribution in [0.3, 0.4) is 0 Å². The van der Waals surface area contributed by atoms with Gasteiger partial charge in [-0.2, -0.15) is 0 Å². The number of thiophene rings is 1. The molecule has 0 saturated carbocycles. The first-order valence-corrected chi connectivity index (χ1v) is 7.00. The summed E-state index contributed by atoms with van der Waals surface area (Å²) in [6.45, 7) is 5.14. The van der Waals surface area contributed by atoms with E-state index in [-0.39, 0.29) is 0 Å². The van der Waals surface area contributed by atoms with Crippen LogP contribution >= 0.6 is 11.3 Å². The normalized spacial score (nSPS) is 20.9. The van der Waals surface area contributed by atoms with Crippen molar-refractivity contribution in [1.29, 1.82) is 0 Å². The van der Waals surface area contributed by atoms with E-state index in [2.05, 4.69) is 24.0 Å². The minimum atomic E-state index is -0.666. The molecule has 0 spiro atoms. The average molecular weight is 253 g/mol. The van der Waals surface area contributed by atoms with Gasteiger partial charge in [-0.25, -0.2) is 0 Å². The Morgan fingerprint density at radius 1 is 1.53 bits per heavy atom. The molecule has 1 unspecified atom stereocenters. The topological polar surface area (TPSA) is 40.5 Å². The van der Waals surface area contributed by atoms with E-state index < -0.39 is 5.97 Å². The number of carbonyl (C=O) groups is 1. The van der Waals surface area contributed by atoms with Crippen LogP contribution in [0.4, 0.5) is 0 Å². The number of carboxylic acid groups (broad SMARTS) is 1. The standard InChI is InChI=1S/C13H19NO2S/c1-2-11-3-4-12(17-11)9-14-6-5-10(8-14)7-13(15)16/h3-4,10H,2,5-9H2,1H3,(H,15,16). The Hall–Kier alpha value is -0.870. The van der Waals surface area contributed by atoms with E-state index in [1.54, 1.807) is 0 Å². The molecule has 1 aromatic heterocycles. The third-order valence-corrected chi connectivity index (χ3v) is 4.49. The van der Waals surface area contributed by atoms with Crippen molar-refractivity contribution in [2.75, 3.05) is 13.1 Å². The molecular weight excluding hydrogens is 234 g/mol. The van der Waals surface area contributed by atoms with Crippen LogP contribution in [0.2, 0.25) is 0 Å². The van der Waals surface area contributed by atoms with Crippen LogP contribution in [0, 0.1) is 5.92 Å². The third kappa shape index (κ3) is 3.54. The summed E-state index contributed by atoms with van der Waals surface area (Å²) in [5.74, 6) is -0.320. The number of carboxylic acids is 1. The van der Waals surface area contributed by atoms with Gasteiger partial charge in [0.1, 0.15) is 0 Å². The third-order valence-electron chi connectivity index (χ3n) is 3.28. The highest BCUT2D eigenvalue weighted by molar-refractivity contribution is 7.11. The average Bonchev–Trinajstić information content (AvgIpc) is 2.88. The summed E-state index contributed by atoms with van der Waals surface area (Å²) in [4.78, 5) is 15.9. The zero-order valence-electron chi connectivity index (χ0n) is 10.2. The molecule has 1 atom stereocenters. The highest BCUT2D eigenvalue weighted by atomic mass is 32.1. The van der Waals surface area contributed by atoms with Crippen LogP contribution in [0.25, 0.3) is 0 Å². The SMILES string of the molecule is CCc1ccc(CN2CCC(CC(=O)O)C2)s1. The molecule has 4 heteroatoms. The van der Waals surface area contributed by atoms with Gasteiger partial charge in [0.15, 0.2) is 0 Å². The number of nitrogens with zero attached hydrogens (tertiary/aromatic N) is 1. The largest absolute Gasteiger partial charge is 0.481 e. The van der Waals surface area contributed by atoms with E-state index in [0.29, 0.717) is 12.3 Å². The monoisotopic (exact) mass is 253 g/mol. The van der Waals surface area contributed by atoms with E-state index in [0.717, 1.165) is 32.5 Å². The molecule has 0 amide bonds. The Bertz CT molecular complexity index is 389. The van der Waals surface area contributed by atoms with Gasteiger partial charge in [0.2, 0.25) is 0 Å². The lowest BCUT2D eigenvalue weighted by atomic mass is 10.1. The Morgan fingerprint density at radius 3 is 2.94 bits per heavy atom. The lowest BCUT2D eigenvalue weighted by Crippen LogP contribution is -2.20. The summed E-state index contributed by atoms with van der Waals surface area (Å²) < 4.78 is 0. The van der Waals surface area contributed by atoms with Gasteiger partial charge in [0, 0.05) is 29.3 Å². The molecule has 1 N–H and O–H groups in total. The molecule has 1 saturated heterocycles. The molecule has 94 valence electrons. The number of hydrogen-bond acceptors (Lipinski definition) is 3. The van der Waals surface area contributed by atoms with Crippen LogP contribution in [0.1, 0.15) is 29.5 Å². The van der Waals surface area contributed by atoms with Crippen LogP contribution in [-0.2, 0) is 17.8 Å². The van der Waals surface area contributed by atoms with Gasteiger partial charge < -0.3 is 5.11 Å². The molecule has 2 heterocycles. The zero-order valence-corrected chi connectivity index (χ0v) is 11.0. The number of rotatable bonds is 5. The molecule has 0 aromatic carbocycles. The van der Waals surface area contributed by atoms with Crippen molar-refractivity contribution in [3.63, 3.8) is 0 Å². The molecular formula is C13H19NO2S. The van der Waals surface area contributed by atoms with Gasteiger partial charge in [-0.1, -0.05) is 6.92 Å². The van der Waals surface area contributed by atoms with E-state index in [1.807, 2.05) is 11.3 Å². The fourth-order valence-electron chi connectivity index (χ4n) is 2.39. The molecule has 17 heavy (non-hydrogen) atoms. The molecule has 3 nitrogen and oxygen atoms in total. The summed E-state index contributed by atoms with van der Waals surface area (Å²) >= 11 is 1.88. The van der Waals surface area contributed by atoms with Crippen molar-refractivity contribution in [2.24, 2.45) is 5.92 Å². The van der Waals surface area contributed by atoms with Gasteiger partial charge in [-0.05, 0) is 37.4 Å². The van der Waals surface area contributed by atoms with Crippen molar-refractivity contribution in [1.82, 2.24) is 4.90 Å². The second-order valence-electron chi connectivity index (χ2n) is 4.71. The molecule has 1 aromatic rings. The summed E-state index contributed by atoms with van der Waals surface area (Å²) in [6, 6.07) is 4.40. The van der Waals surface area contributed by atoms with E-state index >= 15 is 0 Å². The fourth-order valence-corrected chi connectivity index (χ4v) is 3.39. The van der Waals surface area contributed by atoms with Gasteiger partial charge in [0.25, 0.3) is 0 Å². The van der Waals surface area contributed by atoms with Crippen LogP contribution in [0.5, 0.6) is 0 Å². The molecule has 0 aliphatic carbocycles. The quantitative estimate of drug-likeness (QED) is 0.877. The zero-order chi connectivity index (χ0) is 12.3. The summed E-state index contributed by atoms with van der Waals surface area (Å²) in [6.07, 6.45) is 2.45. The lowest BCUT2D eigenvalue weighted by Gasteiger charge is -2.14. The highest BCUT2D eigenvalue weighted by Crippen LogP contribution is 2.24. The van der Waals surface area contributed by atoms with Gasteiger partial charge in [0.05, 0.1) is 0 Å². The summed E-state index contributed by atoms with van der Waals surface area (Å²) in [5, 5.41) is 8.77. The van der Waals surface area contributed by atoms with Crippen molar-refractivity contribution in [3.8, 4) is 0 Å². The Balaban J connectivity index is 1.83. The summed E-state index contributed by atoms with van der Waals surface area (Å²) in [7, 11) is 0. The molecule has 0 radical (unpaired) electrons. The molecule has 2 rings (SSSR count). The second-order valence-corrected chi connectivity index (χ2v) is 5.96. The molecule has 1 fully saturated rings. The first kappa shape index (κ1) is 12.6. The lowest BCUT2D eigenvalue weighted by molar-refractivity contribution is -0.138. The number of aliphatic carboxylic acids is 1. The predicted octanol–water partition coefficient (Wildman–Crippen LogP) is 2.61. The first-order valence-electron chi connectivity index (χ1n) is 6.19.